The Labute approximate surface area is 190 Å². The van der Waals surface area contributed by atoms with E-state index in [1.54, 1.807) is 16.8 Å². The number of likely N-dealkylation sites (N-methyl/N-ethyl adjacent to an activating group) is 1. The number of ether oxygens (including phenoxy) is 2. The Kier molecular flexibility index (Phi) is 6.59. The second-order valence-electron chi connectivity index (χ2n) is 7.54. The second-order valence-corrected chi connectivity index (χ2v) is 7.54. The summed E-state index contributed by atoms with van der Waals surface area (Å²) in [6, 6.07) is 5.15. The van der Waals surface area contributed by atoms with Gasteiger partial charge in [-0.25, -0.2) is 9.37 Å². The van der Waals surface area contributed by atoms with Crippen molar-refractivity contribution in [3.8, 4) is 23.1 Å². The Balaban J connectivity index is 1.77. The molecule has 0 aliphatic carbocycles. The van der Waals surface area contributed by atoms with Crippen LogP contribution in [0.2, 0.25) is 0 Å². The number of halogens is 1. The van der Waals surface area contributed by atoms with Crippen molar-refractivity contribution < 1.29 is 13.9 Å². The Morgan fingerprint density at radius 1 is 1.12 bits per heavy atom. The summed E-state index contributed by atoms with van der Waals surface area (Å²) in [5.74, 6) is 0.827. The number of nitrogens with zero attached hydrogens (tertiary/aromatic N) is 7. The number of imidazole rings is 1. The first-order valence-electron chi connectivity index (χ1n) is 10.4. The number of pyridine rings is 2. The third-order valence-electron chi connectivity index (χ3n) is 4.75. The quantitative estimate of drug-likeness (QED) is 0.408. The third kappa shape index (κ3) is 5.14. The molecular weight excluding hydrogens is 427 g/mol. The smallest absolute Gasteiger partial charge is 0.320 e. The maximum atomic E-state index is 13.9. The summed E-state index contributed by atoms with van der Waals surface area (Å²) in [6.07, 6.45) is 4.34. The first-order valence-corrected chi connectivity index (χ1v) is 10.4. The maximum absolute atomic E-state index is 13.9. The van der Waals surface area contributed by atoms with Gasteiger partial charge in [0.2, 0.25) is 0 Å². The summed E-state index contributed by atoms with van der Waals surface area (Å²) >= 11 is 0. The first kappa shape index (κ1) is 22.3. The molecule has 4 rings (SSSR count). The van der Waals surface area contributed by atoms with Crippen molar-refractivity contribution >= 4 is 17.0 Å². The summed E-state index contributed by atoms with van der Waals surface area (Å²) in [4.78, 5) is 23.7. The largest absolute Gasteiger partial charge is 0.492 e. The van der Waals surface area contributed by atoms with Crippen molar-refractivity contribution in [2.24, 2.45) is 0 Å². The SMILES string of the molecule is CCOc1nc(N)c2nc(-c3cncc(F)c3)n(Cc3cc(OCCN(C)C)ccn3)c2n1. The number of rotatable bonds is 9. The van der Waals surface area contributed by atoms with E-state index < -0.39 is 5.82 Å². The highest BCUT2D eigenvalue weighted by Crippen LogP contribution is 2.28. The molecule has 4 aromatic heterocycles. The molecule has 0 amide bonds. The van der Waals surface area contributed by atoms with E-state index in [1.165, 1.54) is 12.3 Å². The monoisotopic (exact) mass is 452 g/mol. The zero-order chi connectivity index (χ0) is 23.4. The maximum Gasteiger partial charge on any atom is 0.320 e. The van der Waals surface area contributed by atoms with Crippen LogP contribution < -0.4 is 15.2 Å². The van der Waals surface area contributed by atoms with Gasteiger partial charge in [0.1, 0.15) is 24.0 Å². The number of nitrogens with two attached hydrogens (primary N) is 1. The van der Waals surface area contributed by atoms with Crippen molar-refractivity contribution in [3.05, 3.63) is 48.3 Å². The summed E-state index contributed by atoms with van der Waals surface area (Å²) < 4.78 is 27.0. The molecule has 0 aliphatic heterocycles. The molecular formula is C22H25FN8O2. The molecule has 4 aromatic rings. The molecule has 0 aromatic carbocycles. The summed E-state index contributed by atoms with van der Waals surface area (Å²) in [6.45, 7) is 3.84. The van der Waals surface area contributed by atoms with E-state index in [1.807, 2.05) is 32.0 Å². The molecule has 0 bridgehead atoms. The minimum absolute atomic E-state index is 0.140. The summed E-state index contributed by atoms with van der Waals surface area (Å²) in [5, 5.41) is 0. The lowest BCUT2D eigenvalue weighted by molar-refractivity contribution is 0.261. The summed E-state index contributed by atoms with van der Waals surface area (Å²) in [5.41, 5.74) is 8.15. The summed E-state index contributed by atoms with van der Waals surface area (Å²) in [7, 11) is 3.97. The molecule has 11 heteroatoms. The minimum Gasteiger partial charge on any atom is -0.492 e. The highest BCUT2D eigenvalue weighted by atomic mass is 19.1. The number of fused-ring (bicyclic) bond motifs is 1. The molecule has 0 atom stereocenters. The van der Waals surface area contributed by atoms with Crippen molar-refractivity contribution in [1.82, 2.24) is 34.4 Å². The van der Waals surface area contributed by atoms with Crippen LogP contribution in [0.25, 0.3) is 22.6 Å². The average molecular weight is 452 g/mol. The highest BCUT2D eigenvalue weighted by Gasteiger charge is 2.20. The molecule has 4 heterocycles. The van der Waals surface area contributed by atoms with E-state index in [2.05, 4.69) is 24.9 Å². The van der Waals surface area contributed by atoms with Gasteiger partial charge in [-0.3, -0.25) is 9.97 Å². The van der Waals surface area contributed by atoms with Crippen LogP contribution in [0.15, 0.2) is 36.8 Å². The predicted octanol–water partition coefficient (Wildman–Crippen LogP) is 2.39. The van der Waals surface area contributed by atoms with Crippen molar-refractivity contribution in [2.45, 2.75) is 13.5 Å². The normalized spacial score (nSPS) is 11.3. The minimum atomic E-state index is -0.477. The van der Waals surface area contributed by atoms with E-state index in [0.717, 1.165) is 12.7 Å². The lowest BCUT2D eigenvalue weighted by Crippen LogP contribution is -2.19. The molecule has 0 fully saturated rings. The van der Waals surface area contributed by atoms with Gasteiger partial charge in [0.05, 0.1) is 25.0 Å². The molecule has 0 aliphatic rings. The standard InChI is InChI=1S/C22H25FN8O2/c1-4-32-22-28-19(24)18-21(29-22)31(20(27-18)14-9-15(23)12-25-11-14)13-16-10-17(5-6-26-16)33-8-7-30(2)3/h5-6,9-12H,4,7-8,13H2,1-3H3,(H2,24,28,29). The zero-order valence-corrected chi connectivity index (χ0v) is 18.7. The second kappa shape index (κ2) is 9.74. The van der Waals surface area contributed by atoms with E-state index >= 15 is 0 Å². The van der Waals surface area contributed by atoms with Crippen molar-refractivity contribution in [2.75, 3.05) is 39.6 Å². The van der Waals surface area contributed by atoms with Gasteiger partial charge in [-0.1, -0.05) is 0 Å². The Morgan fingerprint density at radius 3 is 2.73 bits per heavy atom. The van der Waals surface area contributed by atoms with Gasteiger partial charge in [0, 0.05) is 30.6 Å². The Hall–Kier alpha value is -3.86. The van der Waals surface area contributed by atoms with E-state index in [9.17, 15) is 4.39 Å². The molecule has 172 valence electrons. The molecule has 2 N–H and O–H groups in total. The van der Waals surface area contributed by atoms with Crippen LogP contribution in [0, 0.1) is 5.82 Å². The lowest BCUT2D eigenvalue weighted by atomic mass is 10.2. The fraction of sp³-hybridized carbons (Fsp3) is 0.318. The van der Waals surface area contributed by atoms with E-state index in [4.69, 9.17) is 15.2 Å². The van der Waals surface area contributed by atoms with Crippen LogP contribution in [-0.2, 0) is 6.54 Å². The fourth-order valence-electron chi connectivity index (χ4n) is 3.24. The van der Waals surface area contributed by atoms with Crippen LogP contribution in [0.4, 0.5) is 10.2 Å². The first-order chi connectivity index (χ1) is 15.9. The molecule has 0 unspecified atom stereocenters. The zero-order valence-electron chi connectivity index (χ0n) is 18.7. The van der Waals surface area contributed by atoms with Crippen LogP contribution >= 0.6 is 0 Å². The number of nitrogen functional groups attached to an aromatic ring is 1. The number of anilines is 1. The number of hydrogen-bond donors (Lipinski definition) is 1. The lowest BCUT2D eigenvalue weighted by Gasteiger charge is -2.12. The average Bonchev–Trinajstić information content (AvgIpc) is 3.13. The van der Waals surface area contributed by atoms with Gasteiger partial charge >= 0.3 is 6.01 Å². The number of aromatic nitrogens is 6. The van der Waals surface area contributed by atoms with Gasteiger partial charge in [-0.15, -0.1) is 0 Å². The van der Waals surface area contributed by atoms with Gasteiger partial charge in [-0.05, 0) is 33.2 Å². The topological polar surface area (TPSA) is 117 Å². The van der Waals surface area contributed by atoms with Crippen LogP contribution in [0.5, 0.6) is 11.8 Å². The van der Waals surface area contributed by atoms with Crippen molar-refractivity contribution in [3.63, 3.8) is 0 Å². The molecule has 0 saturated carbocycles. The predicted molar refractivity (Wildman–Crippen MR) is 121 cm³/mol. The van der Waals surface area contributed by atoms with Gasteiger partial charge in [0.15, 0.2) is 17.0 Å². The van der Waals surface area contributed by atoms with Gasteiger partial charge in [-0.2, -0.15) is 9.97 Å². The van der Waals surface area contributed by atoms with Crippen molar-refractivity contribution in [1.29, 1.82) is 0 Å². The number of hydrogen-bond acceptors (Lipinski definition) is 9. The van der Waals surface area contributed by atoms with Gasteiger partial charge in [0.25, 0.3) is 0 Å². The third-order valence-corrected chi connectivity index (χ3v) is 4.75. The van der Waals surface area contributed by atoms with Crippen LogP contribution in [0.1, 0.15) is 12.6 Å². The van der Waals surface area contributed by atoms with Crippen LogP contribution in [-0.4, -0.2) is 68.2 Å². The molecule has 0 radical (unpaired) electrons. The van der Waals surface area contributed by atoms with Gasteiger partial charge < -0.3 is 24.7 Å². The van der Waals surface area contributed by atoms with Crippen LogP contribution in [0.3, 0.4) is 0 Å². The molecule has 0 saturated heterocycles. The Morgan fingerprint density at radius 2 is 1.97 bits per heavy atom. The van der Waals surface area contributed by atoms with E-state index in [0.29, 0.717) is 47.2 Å². The molecule has 10 nitrogen and oxygen atoms in total. The molecule has 0 spiro atoms. The fourth-order valence-corrected chi connectivity index (χ4v) is 3.24. The van der Waals surface area contributed by atoms with E-state index in [-0.39, 0.29) is 18.4 Å². The highest BCUT2D eigenvalue weighted by molar-refractivity contribution is 5.85. The molecule has 33 heavy (non-hydrogen) atoms. The Bertz CT molecular complexity index is 1260.